The first-order valence-electron chi connectivity index (χ1n) is 6.09. The van der Waals surface area contributed by atoms with Crippen LogP contribution in [0.25, 0.3) is 0 Å². The number of carbonyl (C=O) groups excluding carboxylic acids is 1. The maximum absolute atomic E-state index is 13.4. The lowest BCUT2D eigenvalue weighted by atomic mass is 10.1. The molecule has 0 aliphatic carbocycles. The number of carboxylic acid groups (broad SMARTS) is 1. The van der Waals surface area contributed by atoms with Gasteiger partial charge in [-0.05, 0) is 18.6 Å². The second-order valence-corrected chi connectivity index (χ2v) is 4.13. The number of methoxy groups -OCH3 is 1. The van der Waals surface area contributed by atoms with Gasteiger partial charge in [0.05, 0.1) is 13.0 Å². The molecular weight excluding hydrogens is 267 g/mol. The van der Waals surface area contributed by atoms with Gasteiger partial charge < -0.3 is 20.5 Å². The molecular formula is C13H17FN2O4. The molecule has 0 radical (unpaired) electrons. The van der Waals surface area contributed by atoms with Crippen LogP contribution in [0, 0.1) is 11.7 Å². The van der Waals surface area contributed by atoms with Crippen LogP contribution in [0.4, 0.5) is 14.9 Å². The van der Waals surface area contributed by atoms with Crippen LogP contribution < -0.4 is 15.4 Å². The molecule has 1 unspecified atom stereocenters. The average molecular weight is 284 g/mol. The molecule has 0 aromatic heterocycles. The van der Waals surface area contributed by atoms with Gasteiger partial charge >= 0.3 is 12.0 Å². The van der Waals surface area contributed by atoms with Crippen LogP contribution in [0.5, 0.6) is 5.75 Å². The van der Waals surface area contributed by atoms with E-state index in [1.54, 1.807) is 6.92 Å². The first-order chi connectivity index (χ1) is 9.47. The molecule has 0 aliphatic heterocycles. The van der Waals surface area contributed by atoms with Crippen molar-refractivity contribution in [3.8, 4) is 5.75 Å². The number of carboxylic acids is 1. The van der Waals surface area contributed by atoms with Crippen molar-refractivity contribution in [1.82, 2.24) is 5.32 Å². The molecule has 6 nitrogen and oxygen atoms in total. The van der Waals surface area contributed by atoms with Crippen LogP contribution >= 0.6 is 0 Å². The summed E-state index contributed by atoms with van der Waals surface area (Å²) in [6, 6.07) is 3.40. The Morgan fingerprint density at radius 2 is 2.15 bits per heavy atom. The minimum atomic E-state index is -0.969. The molecule has 0 spiro atoms. The van der Waals surface area contributed by atoms with E-state index < -0.39 is 23.7 Å². The van der Waals surface area contributed by atoms with Crippen LogP contribution in [0.2, 0.25) is 0 Å². The fraction of sp³-hybridized carbons (Fsp3) is 0.385. The standard InChI is InChI=1S/C13H17FN2O4/c1-3-8(12(17)18)7-15-13(19)16-9-4-5-11(20-2)10(14)6-9/h4-6,8H,3,7H2,1-2H3,(H,17,18)(H2,15,16,19). The smallest absolute Gasteiger partial charge is 0.319 e. The van der Waals surface area contributed by atoms with Crippen molar-refractivity contribution in [2.45, 2.75) is 13.3 Å². The molecule has 1 aromatic carbocycles. The van der Waals surface area contributed by atoms with E-state index in [4.69, 9.17) is 9.84 Å². The number of urea groups is 1. The molecule has 3 N–H and O–H groups in total. The Hall–Kier alpha value is -2.31. The summed E-state index contributed by atoms with van der Waals surface area (Å²) in [5.41, 5.74) is 0.254. The van der Waals surface area contributed by atoms with E-state index in [1.807, 2.05) is 0 Å². The number of benzene rings is 1. The molecule has 0 fully saturated rings. The molecule has 1 aromatic rings. The fourth-order valence-corrected chi connectivity index (χ4v) is 1.54. The summed E-state index contributed by atoms with van der Waals surface area (Å²) < 4.78 is 18.2. The minimum absolute atomic E-state index is 0.0102. The van der Waals surface area contributed by atoms with E-state index in [1.165, 1.54) is 19.2 Å². The molecule has 2 amide bonds. The van der Waals surface area contributed by atoms with Gasteiger partial charge in [0, 0.05) is 18.3 Å². The van der Waals surface area contributed by atoms with Gasteiger partial charge in [-0.15, -0.1) is 0 Å². The lowest BCUT2D eigenvalue weighted by Gasteiger charge is -2.12. The lowest BCUT2D eigenvalue weighted by Crippen LogP contribution is -2.35. The van der Waals surface area contributed by atoms with Gasteiger partial charge in [0.1, 0.15) is 0 Å². The normalized spacial score (nSPS) is 11.6. The summed E-state index contributed by atoms with van der Waals surface area (Å²) in [5, 5.41) is 13.7. The van der Waals surface area contributed by atoms with Gasteiger partial charge in [-0.2, -0.15) is 0 Å². The van der Waals surface area contributed by atoms with E-state index in [2.05, 4.69) is 10.6 Å². The zero-order chi connectivity index (χ0) is 15.1. The quantitative estimate of drug-likeness (QED) is 0.746. The van der Waals surface area contributed by atoms with E-state index in [0.29, 0.717) is 6.42 Å². The highest BCUT2D eigenvalue weighted by Gasteiger charge is 2.16. The minimum Gasteiger partial charge on any atom is -0.494 e. The maximum atomic E-state index is 13.4. The van der Waals surface area contributed by atoms with E-state index in [9.17, 15) is 14.0 Å². The molecule has 110 valence electrons. The predicted octanol–water partition coefficient (Wildman–Crippen LogP) is 2.07. The molecule has 1 rings (SSSR count). The van der Waals surface area contributed by atoms with Crippen molar-refractivity contribution >= 4 is 17.7 Å². The highest BCUT2D eigenvalue weighted by atomic mass is 19.1. The number of aliphatic carboxylic acids is 1. The van der Waals surface area contributed by atoms with Crippen LogP contribution in [0.15, 0.2) is 18.2 Å². The highest BCUT2D eigenvalue weighted by Crippen LogP contribution is 2.20. The number of carbonyl (C=O) groups is 2. The monoisotopic (exact) mass is 284 g/mol. The summed E-state index contributed by atoms with van der Waals surface area (Å²) in [6.45, 7) is 1.73. The summed E-state index contributed by atoms with van der Waals surface area (Å²) in [7, 11) is 1.34. The second-order valence-electron chi connectivity index (χ2n) is 4.13. The van der Waals surface area contributed by atoms with Crippen LogP contribution in [-0.4, -0.2) is 30.8 Å². The number of amides is 2. The summed E-state index contributed by atoms with van der Waals surface area (Å²) in [4.78, 5) is 22.3. The van der Waals surface area contributed by atoms with Crippen molar-refractivity contribution in [3.05, 3.63) is 24.0 Å². The lowest BCUT2D eigenvalue weighted by molar-refractivity contribution is -0.141. The number of halogens is 1. The molecule has 1 atom stereocenters. The second kappa shape index (κ2) is 7.32. The first kappa shape index (κ1) is 15.7. The third-order valence-corrected chi connectivity index (χ3v) is 2.76. The van der Waals surface area contributed by atoms with E-state index in [-0.39, 0.29) is 18.0 Å². The predicted molar refractivity (Wildman–Crippen MR) is 71.4 cm³/mol. The summed E-state index contributed by atoms with van der Waals surface area (Å²) >= 11 is 0. The Kier molecular flexibility index (Phi) is 5.76. The Labute approximate surface area is 115 Å². The Morgan fingerprint density at radius 3 is 2.65 bits per heavy atom. The summed E-state index contributed by atoms with van der Waals surface area (Å²) in [6.07, 6.45) is 0.410. The number of rotatable bonds is 6. The third kappa shape index (κ3) is 4.42. The topological polar surface area (TPSA) is 87.7 Å². The van der Waals surface area contributed by atoms with E-state index in [0.717, 1.165) is 6.07 Å². The third-order valence-electron chi connectivity index (χ3n) is 2.76. The number of anilines is 1. The molecule has 20 heavy (non-hydrogen) atoms. The average Bonchev–Trinajstić information content (AvgIpc) is 2.39. The summed E-state index contributed by atoms with van der Waals surface area (Å²) in [5.74, 6) is -2.13. The van der Waals surface area contributed by atoms with Crippen molar-refractivity contribution in [1.29, 1.82) is 0 Å². The van der Waals surface area contributed by atoms with Crippen molar-refractivity contribution in [2.75, 3.05) is 19.0 Å². The van der Waals surface area contributed by atoms with Crippen LogP contribution in [0.3, 0.4) is 0 Å². The maximum Gasteiger partial charge on any atom is 0.319 e. The van der Waals surface area contributed by atoms with Crippen molar-refractivity contribution in [3.63, 3.8) is 0 Å². The molecule has 0 heterocycles. The van der Waals surface area contributed by atoms with Gasteiger partial charge in [0.15, 0.2) is 11.6 Å². The van der Waals surface area contributed by atoms with Gasteiger partial charge in [0.25, 0.3) is 0 Å². The SMILES string of the molecule is CCC(CNC(=O)Nc1ccc(OC)c(F)c1)C(=O)O. The number of hydrogen-bond acceptors (Lipinski definition) is 3. The largest absolute Gasteiger partial charge is 0.494 e. The van der Waals surface area contributed by atoms with Gasteiger partial charge in [-0.25, -0.2) is 9.18 Å². The zero-order valence-corrected chi connectivity index (χ0v) is 11.3. The Morgan fingerprint density at radius 1 is 1.45 bits per heavy atom. The van der Waals surface area contributed by atoms with Crippen molar-refractivity contribution in [2.24, 2.45) is 5.92 Å². The van der Waals surface area contributed by atoms with Crippen LogP contribution in [0.1, 0.15) is 13.3 Å². The Balaban J connectivity index is 2.54. The molecule has 0 saturated carbocycles. The van der Waals surface area contributed by atoms with E-state index >= 15 is 0 Å². The zero-order valence-electron chi connectivity index (χ0n) is 11.3. The number of hydrogen-bond donors (Lipinski definition) is 3. The van der Waals surface area contributed by atoms with Gasteiger partial charge in [-0.1, -0.05) is 6.92 Å². The fourth-order valence-electron chi connectivity index (χ4n) is 1.54. The van der Waals surface area contributed by atoms with Gasteiger partial charge in [0.2, 0.25) is 0 Å². The first-order valence-corrected chi connectivity index (χ1v) is 6.09. The molecule has 0 aliphatic rings. The number of nitrogens with one attached hydrogen (secondary N) is 2. The van der Waals surface area contributed by atoms with Crippen LogP contribution in [-0.2, 0) is 4.79 Å². The molecule has 0 saturated heterocycles. The van der Waals surface area contributed by atoms with Crippen molar-refractivity contribution < 1.29 is 23.8 Å². The number of ether oxygens (including phenoxy) is 1. The Bertz CT molecular complexity index is 493. The highest BCUT2D eigenvalue weighted by molar-refractivity contribution is 5.89. The van der Waals surface area contributed by atoms with Gasteiger partial charge in [-0.3, -0.25) is 4.79 Å². The molecule has 0 bridgehead atoms. The molecule has 7 heteroatoms.